The van der Waals surface area contributed by atoms with E-state index in [4.69, 9.17) is 37.9 Å². The fraction of sp³-hybridized carbons (Fsp3) is 0.878. The van der Waals surface area contributed by atoms with E-state index < -0.39 is 16.8 Å². The van der Waals surface area contributed by atoms with Crippen LogP contribution >= 0.6 is 0 Å². The minimum absolute atomic E-state index is 0.107. The van der Waals surface area contributed by atoms with Crippen molar-refractivity contribution in [1.82, 2.24) is 0 Å². The largest absolute Gasteiger partial charge is 0.485 e. The zero-order valence-corrected chi connectivity index (χ0v) is 40.6. The van der Waals surface area contributed by atoms with Gasteiger partial charge in [-0.25, -0.2) is 0 Å². The highest BCUT2D eigenvalue weighted by Gasteiger charge is 2.31. The maximum Gasteiger partial charge on any atom is 0.127 e. The molecule has 0 saturated carbocycles. The molecule has 0 spiro atoms. The SMILES string of the molecule is CCCCC(CC)COCC(CN(CC(COCC(CC)CCCC)OC(C)(C)COC(C)C)c1ccc(OC(C)(C)COC(C)C)cc1)OC(C)(C)COC(C)C. The lowest BCUT2D eigenvalue weighted by Gasteiger charge is -2.38. The Balaban J connectivity index is 3.61. The maximum atomic E-state index is 6.96. The molecule has 1 aromatic carbocycles. The van der Waals surface area contributed by atoms with Gasteiger partial charge < -0.3 is 42.8 Å². The quantitative estimate of drug-likeness (QED) is 0.0657. The third-order valence-corrected chi connectivity index (χ3v) is 10.1. The van der Waals surface area contributed by atoms with Crippen LogP contribution in [0.2, 0.25) is 0 Å². The summed E-state index contributed by atoms with van der Waals surface area (Å²) in [6, 6.07) is 8.39. The van der Waals surface area contributed by atoms with Crippen LogP contribution in [0.1, 0.15) is 162 Å². The summed E-state index contributed by atoms with van der Waals surface area (Å²) >= 11 is 0. The molecular weight excluding hydrogens is 731 g/mol. The molecule has 9 nitrogen and oxygen atoms in total. The lowest BCUT2D eigenvalue weighted by Crippen LogP contribution is -2.48. The van der Waals surface area contributed by atoms with Gasteiger partial charge in [0.1, 0.15) is 11.4 Å². The number of ether oxygens (including phenoxy) is 8. The van der Waals surface area contributed by atoms with E-state index in [1.165, 1.54) is 38.5 Å². The first-order valence-corrected chi connectivity index (χ1v) is 23.1. The zero-order valence-electron chi connectivity index (χ0n) is 40.6. The summed E-state index contributed by atoms with van der Waals surface area (Å²) in [5.41, 5.74) is -0.491. The van der Waals surface area contributed by atoms with Gasteiger partial charge in [-0.05, 0) is 132 Å². The summed E-state index contributed by atoms with van der Waals surface area (Å²) < 4.78 is 51.6. The maximum absolute atomic E-state index is 6.96. The Kier molecular flexibility index (Phi) is 27.2. The lowest BCUT2D eigenvalue weighted by molar-refractivity contribution is -0.143. The van der Waals surface area contributed by atoms with Gasteiger partial charge in [0, 0.05) is 32.0 Å². The number of benzene rings is 1. The minimum atomic E-state index is -0.527. The highest BCUT2D eigenvalue weighted by atomic mass is 16.6. The molecule has 9 heteroatoms. The number of unbranched alkanes of at least 4 members (excludes halogenated alkanes) is 2. The van der Waals surface area contributed by atoms with Crippen molar-refractivity contribution >= 4 is 5.69 Å². The average molecular weight is 824 g/mol. The van der Waals surface area contributed by atoms with Crippen LogP contribution in [0, 0.1) is 11.8 Å². The summed E-state index contributed by atoms with van der Waals surface area (Å²) in [4.78, 5) is 2.38. The summed E-state index contributed by atoms with van der Waals surface area (Å²) in [7, 11) is 0. The average Bonchev–Trinajstić information content (AvgIpc) is 3.14. The smallest absolute Gasteiger partial charge is 0.127 e. The van der Waals surface area contributed by atoms with Crippen LogP contribution in [0.3, 0.4) is 0 Å². The van der Waals surface area contributed by atoms with Crippen LogP contribution in [0.15, 0.2) is 24.3 Å². The molecule has 1 aromatic rings. The molecule has 0 N–H and O–H groups in total. The third-order valence-electron chi connectivity index (χ3n) is 10.1. The van der Waals surface area contributed by atoms with Crippen molar-refractivity contribution in [3.63, 3.8) is 0 Å². The van der Waals surface area contributed by atoms with E-state index in [9.17, 15) is 0 Å². The van der Waals surface area contributed by atoms with Crippen molar-refractivity contribution in [3.05, 3.63) is 24.3 Å². The highest BCUT2D eigenvalue weighted by molar-refractivity contribution is 5.49. The van der Waals surface area contributed by atoms with Gasteiger partial charge in [-0.15, -0.1) is 0 Å². The molecule has 0 aliphatic carbocycles. The summed E-state index contributed by atoms with van der Waals surface area (Å²) in [5, 5.41) is 0. The Bertz CT molecular complexity index is 1080. The number of anilines is 1. The minimum Gasteiger partial charge on any atom is -0.485 e. The van der Waals surface area contributed by atoms with Gasteiger partial charge in [-0.1, -0.05) is 66.2 Å². The first-order chi connectivity index (χ1) is 27.2. The van der Waals surface area contributed by atoms with Crippen LogP contribution in [-0.4, -0.2) is 107 Å². The molecule has 0 radical (unpaired) electrons. The van der Waals surface area contributed by atoms with Gasteiger partial charge in [0.2, 0.25) is 0 Å². The lowest BCUT2D eigenvalue weighted by atomic mass is 10.0. The Hall–Kier alpha value is -1.46. The first-order valence-electron chi connectivity index (χ1n) is 23.1. The molecular formula is C49H93NO8. The molecule has 58 heavy (non-hydrogen) atoms. The molecule has 0 saturated heterocycles. The Morgan fingerprint density at radius 2 is 0.897 bits per heavy atom. The highest BCUT2D eigenvalue weighted by Crippen LogP contribution is 2.27. The zero-order chi connectivity index (χ0) is 43.8. The van der Waals surface area contributed by atoms with Gasteiger partial charge in [0.05, 0.1) is 74.8 Å². The molecule has 1 rings (SSSR count). The second-order valence-corrected chi connectivity index (χ2v) is 19.2. The van der Waals surface area contributed by atoms with Gasteiger partial charge >= 0.3 is 0 Å². The standard InChI is InChI=1S/C49H93NO8/c1-17-21-23-41(19-3)31-51-33-45(57-48(13,14)36-54-39(7)8)29-50(43-25-27-44(28-26-43)56-47(11,12)35-53-38(5)6)30-46(58-49(15,16)37-55-40(9)10)34-52-32-42(20-4)24-22-18-2/h25-28,38-42,45-46H,17-24,29-37H2,1-16H3. The fourth-order valence-corrected chi connectivity index (χ4v) is 6.70. The van der Waals surface area contributed by atoms with Crippen LogP contribution in [-0.2, 0) is 33.2 Å². The Morgan fingerprint density at radius 1 is 0.517 bits per heavy atom. The molecule has 0 amide bonds. The third kappa shape index (κ3) is 26.0. The molecule has 342 valence electrons. The molecule has 0 fully saturated rings. The van der Waals surface area contributed by atoms with E-state index in [1.807, 2.05) is 13.8 Å². The predicted octanol–water partition coefficient (Wildman–Crippen LogP) is 11.7. The Morgan fingerprint density at radius 3 is 1.24 bits per heavy atom. The number of hydrogen-bond donors (Lipinski definition) is 0. The number of nitrogens with zero attached hydrogens (tertiary/aromatic N) is 1. The van der Waals surface area contributed by atoms with Crippen LogP contribution in [0.25, 0.3) is 0 Å². The Labute approximate surface area is 358 Å². The van der Waals surface area contributed by atoms with Gasteiger partial charge in [0.25, 0.3) is 0 Å². The number of rotatable bonds is 36. The summed E-state index contributed by atoms with van der Waals surface area (Å²) in [6.07, 6.45) is 9.26. The second-order valence-electron chi connectivity index (χ2n) is 19.2. The van der Waals surface area contributed by atoms with Gasteiger partial charge in [0.15, 0.2) is 0 Å². The molecule has 0 heterocycles. The molecule has 0 aliphatic rings. The van der Waals surface area contributed by atoms with Crippen LogP contribution in [0.5, 0.6) is 5.75 Å². The first kappa shape index (κ1) is 54.6. The molecule has 4 atom stereocenters. The molecule has 0 aromatic heterocycles. The van der Waals surface area contributed by atoms with Gasteiger partial charge in [-0.3, -0.25) is 0 Å². The molecule has 0 bridgehead atoms. The van der Waals surface area contributed by atoms with E-state index in [1.54, 1.807) is 0 Å². The molecule has 4 unspecified atom stereocenters. The van der Waals surface area contributed by atoms with Crippen LogP contribution < -0.4 is 9.64 Å². The second kappa shape index (κ2) is 29.0. The van der Waals surface area contributed by atoms with E-state index in [0.29, 0.717) is 58.0 Å². The van der Waals surface area contributed by atoms with E-state index in [2.05, 4.69) is 126 Å². The van der Waals surface area contributed by atoms with Crippen molar-refractivity contribution < 1.29 is 37.9 Å². The van der Waals surface area contributed by atoms with Crippen molar-refractivity contribution in [3.8, 4) is 5.75 Å². The summed E-state index contributed by atoms with van der Waals surface area (Å²) in [5.74, 6) is 1.86. The van der Waals surface area contributed by atoms with Crippen molar-refractivity contribution in [1.29, 1.82) is 0 Å². The van der Waals surface area contributed by atoms with Crippen LogP contribution in [0.4, 0.5) is 5.69 Å². The normalized spacial score (nSPS) is 15.0. The topological polar surface area (TPSA) is 77.1 Å². The summed E-state index contributed by atoms with van der Waals surface area (Å²) in [6.45, 7) is 39.0. The fourth-order valence-electron chi connectivity index (χ4n) is 6.70. The van der Waals surface area contributed by atoms with Crippen molar-refractivity contribution in [2.75, 3.05) is 64.2 Å². The van der Waals surface area contributed by atoms with Gasteiger partial charge in [-0.2, -0.15) is 0 Å². The van der Waals surface area contributed by atoms with Crippen molar-refractivity contribution in [2.45, 2.75) is 209 Å². The predicted molar refractivity (Wildman–Crippen MR) is 243 cm³/mol. The van der Waals surface area contributed by atoms with Crippen molar-refractivity contribution in [2.24, 2.45) is 11.8 Å². The number of hydrogen-bond acceptors (Lipinski definition) is 9. The van der Waals surface area contributed by atoms with E-state index in [0.717, 1.165) is 37.5 Å². The monoisotopic (exact) mass is 824 g/mol. The molecule has 0 aliphatic heterocycles. The van der Waals surface area contributed by atoms with E-state index >= 15 is 0 Å². The van der Waals surface area contributed by atoms with E-state index in [-0.39, 0.29) is 30.5 Å².